The summed E-state index contributed by atoms with van der Waals surface area (Å²) in [5, 5.41) is 3.40. The van der Waals surface area contributed by atoms with Gasteiger partial charge in [-0.3, -0.25) is 4.98 Å². The van der Waals surface area contributed by atoms with Crippen molar-refractivity contribution in [2.45, 2.75) is 39.3 Å². The number of hydrogen-bond acceptors (Lipinski definition) is 5. The molecule has 0 saturated carbocycles. The van der Waals surface area contributed by atoms with Crippen molar-refractivity contribution in [3.63, 3.8) is 0 Å². The maximum absolute atomic E-state index is 4.58. The molecule has 5 nitrogen and oxygen atoms in total. The molecule has 1 N–H and O–H groups in total. The third-order valence-corrected chi connectivity index (χ3v) is 4.06. The van der Waals surface area contributed by atoms with Gasteiger partial charge in [-0.1, -0.05) is 13.8 Å². The molecule has 1 saturated heterocycles. The molecule has 5 heteroatoms. The Morgan fingerprint density at radius 3 is 2.81 bits per heavy atom. The summed E-state index contributed by atoms with van der Waals surface area (Å²) in [5.74, 6) is 1.63. The van der Waals surface area contributed by atoms with E-state index in [9.17, 15) is 0 Å². The minimum Gasteiger partial charge on any atom is -0.354 e. The number of anilines is 1. The zero-order valence-corrected chi connectivity index (χ0v) is 13.8. The summed E-state index contributed by atoms with van der Waals surface area (Å²) in [6.45, 7) is 8.53. The van der Waals surface area contributed by atoms with Crippen LogP contribution in [0.25, 0.3) is 0 Å². The van der Waals surface area contributed by atoms with Crippen molar-refractivity contribution in [2.75, 3.05) is 38.6 Å². The Morgan fingerprint density at radius 2 is 2.19 bits per heavy atom. The Labute approximate surface area is 128 Å². The zero-order valence-electron chi connectivity index (χ0n) is 13.8. The van der Waals surface area contributed by atoms with E-state index in [1.54, 1.807) is 0 Å². The monoisotopic (exact) mass is 291 g/mol. The van der Waals surface area contributed by atoms with E-state index in [0.29, 0.717) is 12.0 Å². The summed E-state index contributed by atoms with van der Waals surface area (Å²) in [7, 11) is 4.32. The zero-order chi connectivity index (χ0) is 15.2. The van der Waals surface area contributed by atoms with E-state index in [0.717, 1.165) is 31.1 Å². The van der Waals surface area contributed by atoms with Gasteiger partial charge in [-0.25, -0.2) is 4.98 Å². The average molecular weight is 291 g/mol. The molecule has 0 aliphatic carbocycles. The van der Waals surface area contributed by atoms with Crippen molar-refractivity contribution in [3.05, 3.63) is 18.1 Å². The van der Waals surface area contributed by atoms with Gasteiger partial charge in [-0.05, 0) is 38.9 Å². The van der Waals surface area contributed by atoms with Crippen LogP contribution in [0.5, 0.6) is 0 Å². The Bertz CT molecular complexity index is 417. The summed E-state index contributed by atoms with van der Waals surface area (Å²) in [4.78, 5) is 13.8. The van der Waals surface area contributed by atoms with Crippen LogP contribution in [0.15, 0.2) is 12.4 Å². The number of nitrogens with zero attached hydrogens (tertiary/aromatic N) is 4. The Balaban J connectivity index is 1.88. The van der Waals surface area contributed by atoms with Crippen molar-refractivity contribution in [1.29, 1.82) is 0 Å². The minimum absolute atomic E-state index is 0.544. The lowest BCUT2D eigenvalue weighted by Gasteiger charge is -2.36. The smallest absolute Gasteiger partial charge is 0.147 e. The van der Waals surface area contributed by atoms with Gasteiger partial charge in [0.15, 0.2) is 0 Å². The van der Waals surface area contributed by atoms with Gasteiger partial charge in [0.05, 0.1) is 18.1 Å². The van der Waals surface area contributed by atoms with E-state index >= 15 is 0 Å². The standard InChI is InChI=1S/C16H29N5/c1-13(2)8-17-9-14-10-19-16(11-18-14)21(4)15-6-5-7-20(3)12-15/h10-11,13,15,17H,5-9,12H2,1-4H3. The molecule has 0 spiro atoms. The Hall–Kier alpha value is -1.20. The predicted octanol–water partition coefficient (Wildman–Crippen LogP) is 1.75. The lowest BCUT2D eigenvalue weighted by atomic mass is 10.1. The molecule has 1 aliphatic rings. The van der Waals surface area contributed by atoms with Crippen LogP contribution in [0.1, 0.15) is 32.4 Å². The quantitative estimate of drug-likeness (QED) is 0.865. The fourth-order valence-corrected chi connectivity index (χ4v) is 2.75. The Morgan fingerprint density at radius 1 is 1.38 bits per heavy atom. The summed E-state index contributed by atoms with van der Waals surface area (Å²) in [6, 6.07) is 0.544. The van der Waals surface area contributed by atoms with Crippen LogP contribution in [0.4, 0.5) is 5.82 Å². The first kappa shape index (κ1) is 16.2. The van der Waals surface area contributed by atoms with E-state index in [4.69, 9.17) is 0 Å². The molecule has 0 radical (unpaired) electrons. The molecule has 0 aromatic carbocycles. The summed E-state index contributed by atoms with van der Waals surface area (Å²) < 4.78 is 0. The second-order valence-electron chi connectivity index (χ2n) is 6.56. The van der Waals surface area contributed by atoms with Gasteiger partial charge in [-0.15, -0.1) is 0 Å². The number of piperidine rings is 1. The summed E-state index contributed by atoms with van der Waals surface area (Å²) >= 11 is 0. The molecule has 21 heavy (non-hydrogen) atoms. The van der Waals surface area contributed by atoms with Crippen molar-refractivity contribution in [3.8, 4) is 0 Å². The first-order valence-electron chi connectivity index (χ1n) is 7.99. The lowest BCUT2D eigenvalue weighted by Crippen LogP contribution is -2.45. The highest BCUT2D eigenvalue weighted by Gasteiger charge is 2.22. The molecule has 1 fully saturated rings. The van der Waals surface area contributed by atoms with Crippen molar-refractivity contribution >= 4 is 5.82 Å². The van der Waals surface area contributed by atoms with Crippen LogP contribution in [-0.4, -0.2) is 54.6 Å². The van der Waals surface area contributed by atoms with Gasteiger partial charge < -0.3 is 15.1 Å². The highest BCUT2D eigenvalue weighted by molar-refractivity contribution is 5.36. The number of aromatic nitrogens is 2. The van der Waals surface area contributed by atoms with Crippen LogP contribution in [-0.2, 0) is 6.54 Å². The maximum atomic E-state index is 4.58. The third-order valence-electron chi connectivity index (χ3n) is 4.06. The topological polar surface area (TPSA) is 44.3 Å². The summed E-state index contributed by atoms with van der Waals surface area (Å²) in [6.07, 6.45) is 6.29. The van der Waals surface area contributed by atoms with Crippen molar-refractivity contribution in [2.24, 2.45) is 5.92 Å². The van der Waals surface area contributed by atoms with Gasteiger partial charge in [0.1, 0.15) is 5.82 Å². The number of hydrogen-bond donors (Lipinski definition) is 1. The lowest BCUT2D eigenvalue weighted by molar-refractivity contribution is 0.247. The van der Waals surface area contributed by atoms with Crippen LogP contribution in [0.3, 0.4) is 0 Å². The van der Waals surface area contributed by atoms with Crippen LogP contribution >= 0.6 is 0 Å². The molecule has 0 bridgehead atoms. The van der Waals surface area contributed by atoms with E-state index in [1.807, 2.05) is 12.4 Å². The van der Waals surface area contributed by atoms with Gasteiger partial charge in [-0.2, -0.15) is 0 Å². The highest BCUT2D eigenvalue weighted by Crippen LogP contribution is 2.18. The largest absolute Gasteiger partial charge is 0.354 e. The van der Waals surface area contributed by atoms with E-state index in [1.165, 1.54) is 19.4 Å². The normalized spacial score (nSPS) is 20.0. The fraction of sp³-hybridized carbons (Fsp3) is 0.750. The molecule has 1 aromatic heterocycles. The van der Waals surface area contributed by atoms with Crippen LogP contribution in [0.2, 0.25) is 0 Å². The van der Waals surface area contributed by atoms with Crippen molar-refractivity contribution < 1.29 is 0 Å². The van der Waals surface area contributed by atoms with Crippen LogP contribution in [0, 0.1) is 5.92 Å². The second-order valence-corrected chi connectivity index (χ2v) is 6.56. The SMILES string of the molecule is CC(C)CNCc1cnc(N(C)C2CCCN(C)C2)cn1. The molecule has 2 heterocycles. The summed E-state index contributed by atoms with van der Waals surface area (Å²) in [5.41, 5.74) is 1.01. The molecular weight excluding hydrogens is 262 g/mol. The molecule has 0 amide bonds. The van der Waals surface area contributed by atoms with E-state index in [-0.39, 0.29) is 0 Å². The molecule has 1 aromatic rings. The third kappa shape index (κ3) is 4.93. The van der Waals surface area contributed by atoms with Gasteiger partial charge in [0, 0.05) is 26.2 Å². The predicted molar refractivity (Wildman–Crippen MR) is 87.5 cm³/mol. The number of rotatable bonds is 6. The van der Waals surface area contributed by atoms with Crippen molar-refractivity contribution in [1.82, 2.24) is 20.2 Å². The molecule has 1 unspecified atom stereocenters. The highest BCUT2D eigenvalue weighted by atomic mass is 15.2. The molecule has 1 atom stereocenters. The first-order valence-corrected chi connectivity index (χ1v) is 7.99. The first-order chi connectivity index (χ1) is 10.1. The maximum Gasteiger partial charge on any atom is 0.147 e. The number of likely N-dealkylation sites (tertiary alicyclic amines) is 1. The van der Waals surface area contributed by atoms with Gasteiger partial charge in [0.2, 0.25) is 0 Å². The fourth-order valence-electron chi connectivity index (χ4n) is 2.75. The van der Waals surface area contributed by atoms with Gasteiger partial charge >= 0.3 is 0 Å². The van der Waals surface area contributed by atoms with Crippen LogP contribution < -0.4 is 10.2 Å². The minimum atomic E-state index is 0.544. The van der Waals surface area contributed by atoms with Gasteiger partial charge in [0.25, 0.3) is 0 Å². The second kappa shape index (κ2) is 7.71. The number of nitrogens with one attached hydrogen (secondary N) is 1. The molecule has 2 rings (SSSR count). The average Bonchev–Trinajstić information content (AvgIpc) is 2.47. The Kier molecular flexibility index (Phi) is 5.94. The molecule has 1 aliphatic heterocycles. The van der Waals surface area contributed by atoms with E-state index in [2.05, 4.69) is 53.0 Å². The molecule has 118 valence electrons. The molecular formula is C16H29N5. The number of likely N-dealkylation sites (N-methyl/N-ethyl adjacent to an activating group) is 2. The van der Waals surface area contributed by atoms with E-state index < -0.39 is 0 Å².